The molecule has 2 aromatic carbocycles. The van der Waals surface area contributed by atoms with Crippen LogP contribution >= 0.6 is 23.2 Å². The van der Waals surface area contributed by atoms with Crippen LogP contribution in [0.25, 0.3) is 0 Å². The van der Waals surface area contributed by atoms with E-state index in [1.807, 2.05) is 30.3 Å². The van der Waals surface area contributed by atoms with Gasteiger partial charge in [-0.1, -0.05) is 59.6 Å². The Kier molecular flexibility index (Phi) is 5.41. The van der Waals surface area contributed by atoms with Crippen molar-refractivity contribution in [2.24, 2.45) is 0 Å². The van der Waals surface area contributed by atoms with Gasteiger partial charge in [-0.05, 0) is 17.7 Å². The molecule has 20 heavy (non-hydrogen) atoms. The molecule has 104 valence electrons. The summed E-state index contributed by atoms with van der Waals surface area (Å²) in [5.74, 6) is -0.184. The van der Waals surface area contributed by atoms with Gasteiger partial charge in [0, 0.05) is 6.54 Å². The largest absolute Gasteiger partial charge is 0.322 e. The summed E-state index contributed by atoms with van der Waals surface area (Å²) in [6, 6.07) is 15.0. The number of nitrogens with one attached hydrogen (secondary N) is 2. The van der Waals surface area contributed by atoms with Crippen molar-refractivity contribution in [1.29, 1.82) is 0 Å². The summed E-state index contributed by atoms with van der Waals surface area (Å²) in [4.78, 5) is 11.8. The maximum Gasteiger partial charge on any atom is 0.238 e. The van der Waals surface area contributed by atoms with Crippen LogP contribution in [0.15, 0.2) is 48.5 Å². The smallest absolute Gasteiger partial charge is 0.238 e. The van der Waals surface area contributed by atoms with E-state index in [4.69, 9.17) is 23.2 Å². The maximum absolute atomic E-state index is 11.8. The van der Waals surface area contributed by atoms with Gasteiger partial charge in [-0.15, -0.1) is 0 Å². The lowest BCUT2D eigenvalue weighted by Crippen LogP contribution is -2.27. The molecule has 0 unspecified atom stereocenters. The van der Waals surface area contributed by atoms with Crippen molar-refractivity contribution in [2.75, 3.05) is 11.9 Å². The van der Waals surface area contributed by atoms with Crippen LogP contribution in [0.2, 0.25) is 10.0 Å². The summed E-state index contributed by atoms with van der Waals surface area (Å²) < 4.78 is 0. The van der Waals surface area contributed by atoms with Crippen molar-refractivity contribution in [3.8, 4) is 0 Å². The Morgan fingerprint density at radius 3 is 2.25 bits per heavy atom. The highest BCUT2D eigenvalue weighted by atomic mass is 35.5. The Hall–Kier alpha value is -1.55. The van der Waals surface area contributed by atoms with Gasteiger partial charge in [0.25, 0.3) is 0 Å². The minimum absolute atomic E-state index is 0.184. The number of para-hydroxylation sites is 1. The van der Waals surface area contributed by atoms with Crippen molar-refractivity contribution in [3.63, 3.8) is 0 Å². The minimum Gasteiger partial charge on any atom is -0.322 e. The third-order valence-electron chi connectivity index (χ3n) is 2.68. The van der Waals surface area contributed by atoms with E-state index >= 15 is 0 Å². The summed E-state index contributed by atoms with van der Waals surface area (Å²) in [7, 11) is 0. The summed E-state index contributed by atoms with van der Waals surface area (Å²) in [6.45, 7) is 0.820. The second-order valence-electron chi connectivity index (χ2n) is 4.23. The lowest BCUT2D eigenvalue weighted by molar-refractivity contribution is -0.115. The molecule has 0 radical (unpaired) electrons. The number of amides is 1. The molecule has 1 amide bonds. The molecule has 0 aliphatic rings. The first-order valence-electron chi connectivity index (χ1n) is 6.15. The molecule has 2 N–H and O–H groups in total. The van der Waals surface area contributed by atoms with E-state index in [1.54, 1.807) is 18.2 Å². The van der Waals surface area contributed by atoms with Gasteiger partial charge in [0.2, 0.25) is 5.91 Å². The molecule has 0 aliphatic carbocycles. The minimum atomic E-state index is -0.184. The standard InChI is InChI=1S/C15H14Cl2N2O/c16-12-7-4-8-13(17)15(12)19-14(20)10-18-9-11-5-2-1-3-6-11/h1-8,18H,9-10H2,(H,19,20). The first-order valence-corrected chi connectivity index (χ1v) is 6.91. The van der Waals surface area contributed by atoms with E-state index in [9.17, 15) is 4.79 Å². The summed E-state index contributed by atoms with van der Waals surface area (Å²) in [5.41, 5.74) is 1.57. The average molecular weight is 309 g/mol. The van der Waals surface area contributed by atoms with Crippen LogP contribution in [0, 0.1) is 0 Å². The second kappa shape index (κ2) is 7.29. The zero-order valence-electron chi connectivity index (χ0n) is 10.7. The van der Waals surface area contributed by atoms with E-state index in [1.165, 1.54) is 0 Å². The predicted molar refractivity (Wildman–Crippen MR) is 83.2 cm³/mol. The normalized spacial score (nSPS) is 10.3. The highest BCUT2D eigenvalue weighted by molar-refractivity contribution is 6.39. The van der Waals surface area contributed by atoms with Crippen LogP contribution in [0.4, 0.5) is 5.69 Å². The topological polar surface area (TPSA) is 41.1 Å². The molecular weight excluding hydrogens is 295 g/mol. The number of carbonyl (C=O) groups excluding carboxylic acids is 1. The molecule has 0 heterocycles. The fourth-order valence-corrected chi connectivity index (χ4v) is 2.21. The molecule has 0 saturated heterocycles. The molecule has 0 saturated carbocycles. The van der Waals surface area contributed by atoms with Gasteiger partial charge >= 0.3 is 0 Å². The van der Waals surface area contributed by atoms with Gasteiger partial charge in [0.1, 0.15) is 0 Å². The Bertz CT molecular complexity index is 567. The van der Waals surface area contributed by atoms with Crippen LogP contribution < -0.4 is 10.6 Å². The van der Waals surface area contributed by atoms with Crippen LogP contribution in [0.1, 0.15) is 5.56 Å². The highest BCUT2D eigenvalue weighted by Crippen LogP contribution is 2.29. The molecule has 2 rings (SSSR count). The van der Waals surface area contributed by atoms with Crippen LogP contribution in [-0.4, -0.2) is 12.5 Å². The fraction of sp³-hybridized carbons (Fsp3) is 0.133. The SMILES string of the molecule is O=C(CNCc1ccccc1)Nc1c(Cl)cccc1Cl. The summed E-state index contributed by atoms with van der Waals surface area (Å²) in [6.07, 6.45) is 0. The Balaban J connectivity index is 1.84. The van der Waals surface area contributed by atoms with Crippen LogP contribution in [0.5, 0.6) is 0 Å². The zero-order chi connectivity index (χ0) is 14.4. The molecule has 0 bridgehead atoms. The van der Waals surface area contributed by atoms with Crippen LogP contribution in [0.3, 0.4) is 0 Å². The molecule has 0 atom stereocenters. The van der Waals surface area contributed by atoms with Gasteiger partial charge in [-0.25, -0.2) is 0 Å². The molecule has 2 aromatic rings. The van der Waals surface area contributed by atoms with Gasteiger partial charge in [-0.2, -0.15) is 0 Å². The first kappa shape index (κ1) is 14.9. The molecular formula is C15H14Cl2N2O. The summed E-state index contributed by atoms with van der Waals surface area (Å²) >= 11 is 12.0. The van der Waals surface area contributed by atoms with Crippen molar-refractivity contribution < 1.29 is 4.79 Å². The van der Waals surface area contributed by atoms with E-state index in [-0.39, 0.29) is 12.5 Å². The number of rotatable bonds is 5. The monoisotopic (exact) mass is 308 g/mol. The number of anilines is 1. The number of hydrogen-bond donors (Lipinski definition) is 2. The molecule has 5 heteroatoms. The molecule has 0 fully saturated rings. The summed E-state index contributed by atoms with van der Waals surface area (Å²) in [5, 5.41) is 6.61. The fourth-order valence-electron chi connectivity index (χ4n) is 1.72. The molecule has 0 spiro atoms. The number of hydrogen-bond acceptors (Lipinski definition) is 2. The Labute approximate surface area is 127 Å². The van der Waals surface area contributed by atoms with Crippen LogP contribution in [-0.2, 0) is 11.3 Å². The van der Waals surface area contributed by atoms with Gasteiger partial charge < -0.3 is 10.6 Å². The Morgan fingerprint density at radius 1 is 0.950 bits per heavy atom. The van der Waals surface area contributed by atoms with Gasteiger partial charge in [0.15, 0.2) is 0 Å². The van der Waals surface area contributed by atoms with E-state index in [0.29, 0.717) is 22.3 Å². The van der Waals surface area contributed by atoms with Crippen molar-refractivity contribution in [2.45, 2.75) is 6.54 Å². The first-order chi connectivity index (χ1) is 9.66. The van der Waals surface area contributed by atoms with Crippen molar-refractivity contribution >= 4 is 34.8 Å². The van der Waals surface area contributed by atoms with Crippen molar-refractivity contribution in [1.82, 2.24) is 5.32 Å². The lowest BCUT2D eigenvalue weighted by atomic mass is 10.2. The molecule has 0 aliphatic heterocycles. The maximum atomic E-state index is 11.8. The number of halogens is 2. The van der Waals surface area contributed by atoms with E-state index in [2.05, 4.69) is 10.6 Å². The number of benzene rings is 2. The quantitative estimate of drug-likeness (QED) is 0.884. The third kappa shape index (κ3) is 4.23. The zero-order valence-corrected chi connectivity index (χ0v) is 12.2. The number of carbonyl (C=O) groups is 1. The second-order valence-corrected chi connectivity index (χ2v) is 5.05. The van der Waals surface area contributed by atoms with E-state index < -0.39 is 0 Å². The molecule has 3 nitrogen and oxygen atoms in total. The van der Waals surface area contributed by atoms with Gasteiger partial charge in [0.05, 0.1) is 22.3 Å². The average Bonchev–Trinajstić information content (AvgIpc) is 2.44. The Morgan fingerprint density at radius 2 is 1.60 bits per heavy atom. The predicted octanol–water partition coefficient (Wildman–Crippen LogP) is 3.72. The van der Waals surface area contributed by atoms with E-state index in [0.717, 1.165) is 5.56 Å². The third-order valence-corrected chi connectivity index (χ3v) is 3.31. The van der Waals surface area contributed by atoms with Crippen molar-refractivity contribution in [3.05, 3.63) is 64.1 Å². The highest BCUT2D eigenvalue weighted by Gasteiger charge is 2.08. The van der Waals surface area contributed by atoms with Gasteiger partial charge in [-0.3, -0.25) is 4.79 Å². The molecule has 0 aromatic heterocycles. The lowest BCUT2D eigenvalue weighted by Gasteiger charge is -2.09.